The Kier molecular flexibility index (Phi) is 4.33. The molecule has 0 aliphatic rings. The van der Waals surface area contributed by atoms with Crippen LogP contribution in [0.25, 0.3) is 10.9 Å². The van der Waals surface area contributed by atoms with Gasteiger partial charge in [-0.2, -0.15) is 5.10 Å². The predicted molar refractivity (Wildman–Crippen MR) is 90.3 cm³/mol. The number of hydrazone groups is 1. The fraction of sp³-hybridized carbons (Fsp3) is 0.0588. The van der Waals surface area contributed by atoms with Crippen LogP contribution in [0.2, 0.25) is 0 Å². The van der Waals surface area contributed by atoms with Gasteiger partial charge >= 0.3 is 5.97 Å². The Hall–Kier alpha value is -3.48. The van der Waals surface area contributed by atoms with Crippen molar-refractivity contribution in [3.05, 3.63) is 60.4 Å². The molecule has 2 N–H and O–H groups in total. The van der Waals surface area contributed by atoms with Gasteiger partial charge in [0.25, 0.3) is 0 Å². The molecule has 1 aromatic heterocycles. The summed E-state index contributed by atoms with van der Waals surface area (Å²) in [4.78, 5) is 19.8. The highest BCUT2D eigenvalue weighted by atomic mass is 16.5. The molecule has 0 saturated heterocycles. The molecule has 0 radical (unpaired) electrons. The van der Waals surface area contributed by atoms with E-state index in [4.69, 9.17) is 4.74 Å². The molecule has 120 valence electrons. The van der Waals surface area contributed by atoms with E-state index in [2.05, 4.69) is 20.5 Å². The van der Waals surface area contributed by atoms with Crippen molar-refractivity contribution in [1.82, 2.24) is 9.97 Å². The van der Waals surface area contributed by atoms with Gasteiger partial charge in [0.1, 0.15) is 12.1 Å². The van der Waals surface area contributed by atoms with Gasteiger partial charge in [0, 0.05) is 10.9 Å². The summed E-state index contributed by atoms with van der Waals surface area (Å²) in [5, 5.41) is 14.2. The third kappa shape index (κ3) is 3.14. The number of fused-ring (bicyclic) bond motifs is 1. The third-order valence-corrected chi connectivity index (χ3v) is 3.38. The molecule has 24 heavy (non-hydrogen) atoms. The molecular weight excluding hydrogens is 308 g/mol. The van der Waals surface area contributed by atoms with Crippen LogP contribution in [0.15, 0.2) is 60.0 Å². The van der Waals surface area contributed by atoms with Crippen molar-refractivity contribution in [2.75, 3.05) is 12.5 Å². The van der Waals surface area contributed by atoms with Crippen LogP contribution in [-0.4, -0.2) is 33.9 Å². The van der Waals surface area contributed by atoms with Gasteiger partial charge in [-0.15, -0.1) is 0 Å². The zero-order chi connectivity index (χ0) is 16.9. The third-order valence-electron chi connectivity index (χ3n) is 3.38. The van der Waals surface area contributed by atoms with Crippen LogP contribution >= 0.6 is 0 Å². The number of aromatic nitrogens is 2. The van der Waals surface area contributed by atoms with Gasteiger partial charge in [-0.3, -0.25) is 5.43 Å². The average Bonchev–Trinajstić information content (AvgIpc) is 2.62. The second-order valence-electron chi connectivity index (χ2n) is 4.85. The topological polar surface area (TPSA) is 96.7 Å². The maximum Gasteiger partial charge on any atom is 0.356 e. The summed E-state index contributed by atoms with van der Waals surface area (Å²) in [6.07, 6.45) is 1.40. The Morgan fingerprint density at radius 3 is 2.58 bits per heavy atom. The second-order valence-corrected chi connectivity index (χ2v) is 4.85. The van der Waals surface area contributed by atoms with Gasteiger partial charge in [-0.05, 0) is 36.4 Å². The Balaban J connectivity index is 1.95. The maximum absolute atomic E-state index is 11.5. The molecule has 0 bridgehead atoms. The van der Waals surface area contributed by atoms with Gasteiger partial charge in [-0.25, -0.2) is 14.8 Å². The predicted octanol–water partition coefficient (Wildman–Crippen LogP) is 2.54. The van der Waals surface area contributed by atoms with Crippen LogP contribution in [0.5, 0.6) is 5.75 Å². The van der Waals surface area contributed by atoms with Gasteiger partial charge in [-0.1, -0.05) is 12.1 Å². The normalized spacial score (nSPS) is 11.3. The Morgan fingerprint density at radius 2 is 1.88 bits per heavy atom. The van der Waals surface area contributed by atoms with Crippen molar-refractivity contribution in [2.45, 2.75) is 0 Å². The molecule has 0 saturated carbocycles. The van der Waals surface area contributed by atoms with Crippen LogP contribution in [-0.2, 0) is 4.79 Å². The van der Waals surface area contributed by atoms with E-state index < -0.39 is 5.97 Å². The second kappa shape index (κ2) is 6.74. The monoisotopic (exact) mass is 322 g/mol. The van der Waals surface area contributed by atoms with Crippen molar-refractivity contribution in [2.24, 2.45) is 5.10 Å². The van der Waals surface area contributed by atoms with Gasteiger partial charge in [0.2, 0.25) is 0 Å². The minimum absolute atomic E-state index is 0.125. The maximum atomic E-state index is 11.5. The van der Waals surface area contributed by atoms with Crippen molar-refractivity contribution in [3.8, 4) is 5.75 Å². The van der Waals surface area contributed by atoms with E-state index >= 15 is 0 Å². The van der Waals surface area contributed by atoms with E-state index in [1.165, 1.54) is 6.33 Å². The number of benzene rings is 2. The number of nitrogens with zero attached hydrogens (tertiary/aromatic N) is 3. The molecule has 1 heterocycles. The van der Waals surface area contributed by atoms with Crippen LogP contribution in [0.3, 0.4) is 0 Å². The van der Waals surface area contributed by atoms with E-state index in [9.17, 15) is 9.90 Å². The molecule has 0 aliphatic carbocycles. The highest BCUT2D eigenvalue weighted by Gasteiger charge is 2.13. The number of methoxy groups -OCH3 is 1. The molecule has 7 nitrogen and oxygen atoms in total. The van der Waals surface area contributed by atoms with Crippen LogP contribution < -0.4 is 10.2 Å². The number of anilines is 1. The summed E-state index contributed by atoms with van der Waals surface area (Å²) in [6.45, 7) is 0. The summed E-state index contributed by atoms with van der Waals surface area (Å²) in [5.74, 6) is -0.0721. The van der Waals surface area contributed by atoms with E-state index in [-0.39, 0.29) is 5.71 Å². The SMILES string of the molecule is COc1ccc(C(=NNc2ncnc3ccccc23)C(=O)O)cc1. The molecule has 0 amide bonds. The molecule has 0 spiro atoms. The van der Waals surface area contributed by atoms with E-state index in [1.54, 1.807) is 31.4 Å². The molecule has 0 unspecified atom stereocenters. The fourth-order valence-electron chi connectivity index (χ4n) is 2.19. The van der Waals surface area contributed by atoms with Crippen molar-refractivity contribution in [3.63, 3.8) is 0 Å². The van der Waals surface area contributed by atoms with Crippen LogP contribution in [0.1, 0.15) is 5.56 Å². The number of hydrogen-bond donors (Lipinski definition) is 2. The first-order valence-corrected chi connectivity index (χ1v) is 7.10. The van der Waals surface area contributed by atoms with E-state index in [0.717, 1.165) is 10.9 Å². The molecule has 7 heteroatoms. The number of carboxylic acid groups (broad SMARTS) is 1. The lowest BCUT2D eigenvalue weighted by molar-refractivity contribution is -0.129. The first kappa shape index (κ1) is 15.4. The summed E-state index contributed by atoms with van der Waals surface area (Å²) in [7, 11) is 1.54. The Morgan fingerprint density at radius 1 is 1.12 bits per heavy atom. The summed E-state index contributed by atoms with van der Waals surface area (Å²) < 4.78 is 5.07. The van der Waals surface area contributed by atoms with Crippen molar-refractivity contribution < 1.29 is 14.6 Å². The number of nitrogens with one attached hydrogen (secondary N) is 1. The average molecular weight is 322 g/mol. The van der Waals surface area contributed by atoms with Gasteiger partial charge < -0.3 is 9.84 Å². The standard InChI is InChI=1S/C17H14N4O3/c1-24-12-8-6-11(7-9-12)15(17(22)23)20-21-16-13-4-2-3-5-14(13)18-10-19-16/h2-10H,1H3,(H,22,23)(H,18,19,21). The van der Waals surface area contributed by atoms with Crippen molar-refractivity contribution in [1.29, 1.82) is 0 Å². The smallest absolute Gasteiger partial charge is 0.356 e. The number of aliphatic carboxylic acids is 1. The fourth-order valence-corrected chi connectivity index (χ4v) is 2.19. The first-order valence-electron chi connectivity index (χ1n) is 7.10. The molecule has 3 aromatic rings. The van der Waals surface area contributed by atoms with E-state index in [0.29, 0.717) is 17.1 Å². The van der Waals surface area contributed by atoms with Crippen molar-refractivity contribution >= 4 is 28.4 Å². The minimum Gasteiger partial charge on any atom is -0.497 e. The number of para-hydroxylation sites is 1. The molecule has 0 atom stereocenters. The lowest BCUT2D eigenvalue weighted by atomic mass is 10.1. The molecule has 0 aliphatic heterocycles. The summed E-state index contributed by atoms with van der Waals surface area (Å²) >= 11 is 0. The number of carbonyl (C=O) groups is 1. The lowest BCUT2D eigenvalue weighted by Gasteiger charge is -2.06. The van der Waals surface area contributed by atoms with Gasteiger partial charge in [0.15, 0.2) is 11.5 Å². The Labute approximate surface area is 137 Å². The zero-order valence-electron chi connectivity index (χ0n) is 12.8. The van der Waals surface area contributed by atoms with Gasteiger partial charge in [0.05, 0.1) is 12.6 Å². The first-order chi connectivity index (χ1) is 11.7. The van der Waals surface area contributed by atoms with Crippen LogP contribution in [0.4, 0.5) is 5.82 Å². The number of rotatable bonds is 5. The molecule has 0 fully saturated rings. The van der Waals surface area contributed by atoms with E-state index in [1.807, 2.05) is 24.3 Å². The highest BCUT2D eigenvalue weighted by Crippen LogP contribution is 2.19. The Bertz CT molecular complexity index is 902. The summed E-state index contributed by atoms with van der Waals surface area (Å²) in [6, 6.07) is 14.0. The number of hydrogen-bond acceptors (Lipinski definition) is 6. The zero-order valence-corrected chi connectivity index (χ0v) is 12.8. The highest BCUT2D eigenvalue weighted by molar-refractivity contribution is 6.42. The molecule has 2 aromatic carbocycles. The largest absolute Gasteiger partial charge is 0.497 e. The minimum atomic E-state index is -1.15. The number of carboxylic acids is 1. The van der Waals surface area contributed by atoms with Crippen LogP contribution in [0, 0.1) is 0 Å². The molecule has 3 rings (SSSR count). The molecular formula is C17H14N4O3. The lowest BCUT2D eigenvalue weighted by Crippen LogP contribution is -2.16. The number of ether oxygens (including phenoxy) is 1. The quantitative estimate of drug-likeness (QED) is 0.553. The summed E-state index contributed by atoms with van der Waals surface area (Å²) in [5.41, 5.74) is 3.79.